The summed E-state index contributed by atoms with van der Waals surface area (Å²) in [6.45, 7) is 2.92. The molecule has 0 aliphatic rings. The quantitative estimate of drug-likeness (QED) is 0.749. The van der Waals surface area contributed by atoms with E-state index in [1.807, 2.05) is 24.4 Å². The van der Waals surface area contributed by atoms with Crippen molar-refractivity contribution in [1.82, 2.24) is 0 Å². The van der Waals surface area contributed by atoms with Crippen LogP contribution < -0.4 is 5.32 Å². The minimum atomic E-state index is 0.781. The Morgan fingerprint density at radius 1 is 1.31 bits per heavy atom. The first-order valence-corrected chi connectivity index (χ1v) is 4.96. The summed E-state index contributed by atoms with van der Waals surface area (Å²) >= 11 is 12.0. The van der Waals surface area contributed by atoms with Gasteiger partial charge in [-0.15, -0.1) is 0 Å². The van der Waals surface area contributed by atoms with Crippen LogP contribution in [0.1, 0.15) is 11.1 Å². The summed E-state index contributed by atoms with van der Waals surface area (Å²) in [7, 11) is 3.68. The molecule has 1 nitrogen and oxygen atoms in total. The van der Waals surface area contributed by atoms with Crippen molar-refractivity contribution in [3.63, 3.8) is 0 Å². The van der Waals surface area contributed by atoms with Gasteiger partial charge in [0.05, 0.1) is 6.54 Å². The summed E-state index contributed by atoms with van der Waals surface area (Å²) in [5, 5.41) is 3.46. The van der Waals surface area contributed by atoms with Crippen LogP contribution in [0.2, 0.25) is 10.0 Å². The minimum absolute atomic E-state index is 0.781. The average molecular weight is 218 g/mol. The Kier molecular flexibility index (Phi) is 4.04. The Labute approximate surface area is 89.0 Å². The predicted octanol–water partition coefficient (Wildman–Crippen LogP) is 2.20. The van der Waals surface area contributed by atoms with Crippen molar-refractivity contribution in [2.75, 3.05) is 6.54 Å². The van der Waals surface area contributed by atoms with E-state index in [1.54, 1.807) is 0 Å². The zero-order valence-electron chi connectivity index (χ0n) is 7.61. The van der Waals surface area contributed by atoms with Gasteiger partial charge in [0.1, 0.15) is 0 Å². The SMILES string of the molecule is [CH2-][NH2+]CCc1c(Cl)ccc(Cl)c1C. The molecule has 3 heteroatoms. The smallest absolute Gasteiger partial charge is 0.0557 e. The molecule has 0 aromatic heterocycles. The standard InChI is InChI=1S/C10H13Cl2N/c1-7-8(5-6-13-2)10(12)4-3-9(7)11/h3-4H,2,5-6,13H2,1H3. The largest absolute Gasteiger partial charge is 0.479 e. The molecule has 0 bridgehead atoms. The highest BCUT2D eigenvalue weighted by Crippen LogP contribution is 2.26. The van der Waals surface area contributed by atoms with E-state index in [1.165, 1.54) is 0 Å². The van der Waals surface area contributed by atoms with Gasteiger partial charge in [0, 0.05) is 16.5 Å². The van der Waals surface area contributed by atoms with E-state index in [0.29, 0.717) is 0 Å². The first-order chi connectivity index (χ1) is 6.16. The molecular formula is C10H13Cl2N. The van der Waals surface area contributed by atoms with Crippen molar-refractivity contribution in [3.8, 4) is 0 Å². The van der Waals surface area contributed by atoms with Gasteiger partial charge in [-0.05, 0) is 30.2 Å². The third kappa shape index (κ3) is 2.60. The molecule has 0 saturated heterocycles. The number of hydrogen-bond acceptors (Lipinski definition) is 0. The first-order valence-electron chi connectivity index (χ1n) is 4.21. The summed E-state index contributed by atoms with van der Waals surface area (Å²) in [4.78, 5) is 0. The van der Waals surface area contributed by atoms with Crippen LogP contribution in [0.25, 0.3) is 0 Å². The molecule has 1 rings (SSSR count). The minimum Gasteiger partial charge on any atom is -0.479 e. The molecule has 2 N–H and O–H groups in total. The van der Waals surface area contributed by atoms with Crippen LogP contribution in [0.15, 0.2) is 12.1 Å². The van der Waals surface area contributed by atoms with Gasteiger partial charge in [-0.2, -0.15) is 7.05 Å². The van der Waals surface area contributed by atoms with E-state index in [0.717, 1.165) is 34.1 Å². The molecule has 0 unspecified atom stereocenters. The Bertz CT molecular complexity index is 297. The van der Waals surface area contributed by atoms with Gasteiger partial charge >= 0.3 is 0 Å². The highest BCUT2D eigenvalue weighted by molar-refractivity contribution is 6.34. The van der Waals surface area contributed by atoms with Crippen LogP contribution in [0, 0.1) is 14.0 Å². The van der Waals surface area contributed by atoms with Gasteiger partial charge < -0.3 is 5.32 Å². The maximum absolute atomic E-state index is 6.04. The molecule has 0 heterocycles. The monoisotopic (exact) mass is 217 g/mol. The molecule has 0 saturated carbocycles. The molecule has 0 spiro atoms. The second-order valence-electron chi connectivity index (χ2n) is 2.96. The lowest BCUT2D eigenvalue weighted by Gasteiger charge is -2.09. The van der Waals surface area contributed by atoms with Crippen LogP contribution in [-0.2, 0) is 6.42 Å². The van der Waals surface area contributed by atoms with E-state index in [4.69, 9.17) is 23.2 Å². The molecule has 0 aliphatic carbocycles. The van der Waals surface area contributed by atoms with Gasteiger partial charge in [-0.3, -0.25) is 0 Å². The van der Waals surface area contributed by atoms with E-state index in [-0.39, 0.29) is 0 Å². The lowest BCUT2D eigenvalue weighted by molar-refractivity contribution is -0.594. The van der Waals surface area contributed by atoms with Crippen molar-refractivity contribution < 1.29 is 5.32 Å². The fourth-order valence-corrected chi connectivity index (χ4v) is 1.72. The van der Waals surface area contributed by atoms with Crippen LogP contribution in [0.5, 0.6) is 0 Å². The summed E-state index contributed by atoms with van der Waals surface area (Å²) in [6, 6.07) is 3.67. The number of nitrogens with two attached hydrogens (primary N) is 1. The van der Waals surface area contributed by atoms with Gasteiger partial charge in [0.15, 0.2) is 0 Å². The highest BCUT2D eigenvalue weighted by atomic mass is 35.5. The van der Waals surface area contributed by atoms with Crippen LogP contribution >= 0.6 is 23.2 Å². The second-order valence-corrected chi connectivity index (χ2v) is 3.77. The summed E-state index contributed by atoms with van der Waals surface area (Å²) in [5.41, 5.74) is 2.21. The Hall–Kier alpha value is -0.240. The molecule has 0 fully saturated rings. The molecule has 72 valence electrons. The topological polar surface area (TPSA) is 16.6 Å². The maximum atomic E-state index is 6.04. The lowest BCUT2D eigenvalue weighted by Crippen LogP contribution is -2.77. The number of benzene rings is 1. The van der Waals surface area contributed by atoms with Crippen molar-refractivity contribution in [2.45, 2.75) is 13.3 Å². The van der Waals surface area contributed by atoms with E-state index >= 15 is 0 Å². The number of hydrogen-bond donors (Lipinski definition) is 1. The predicted molar refractivity (Wildman–Crippen MR) is 57.1 cm³/mol. The van der Waals surface area contributed by atoms with Crippen molar-refractivity contribution in [3.05, 3.63) is 40.4 Å². The fraction of sp³-hybridized carbons (Fsp3) is 0.300. The zero-order valence-corrected chi connectivity index (χ0v) is 9.12. The normalized spacial score (nSPS) is 10.5. The van der Waals surface area contributed by atoms with Gasteiger partial charge in [-0.1, -0.05) is 23.2 Å². The summed E-state index contributed by atoms with van der Waals surface area (Å²) < 4.78 is 0. The number of rotatable bonds is 3. The zero-order chi connectivity index (χ0) is 9.84. The van der Waals surface area contributed by atoms with Gasteiger partial charge in [0.2, 0.25) is 0 Å². The average Bonchev–Trinajstić information content (AvgIpc) is 2.12. The van der Waals surface area contributed by atoms with E-state index in [2.05, 4.69) is 7.05 Å². The van der Waals surface area contributed by atoms with Gasteiger partial charge in [-0.25, -0.2) is 0 Å². The third-order valence-electron chi connectivity index (χ3n) is 2.07. The number of halogens is 2. The van der Waals surface area contributed by atoms with Crippen LogP contribution in [0.4, 0.5) is 0 Å². The second kappa shape index (κ2) is 4.85. The molecule has 0 radical (unpaired) electrons. The number of quaternary nitrogens is 1. The van der Waals surface area contributed by atoms with Crippen molar-refractivity contribution in [1.29, 1.82) is 0 Å². The summed E-state index contributed by atoms with van der Waals surface area (Å²) in [6.07, 6.45) is 0.911. The summed E-state index contributed by atoms with van der Waals surface area (Å²) in [5.74, 6) is 0. The highest BCUT2D eigenvalue weighted by Gasteiger charge is 2.06. The van der Waals surface area contributed by atoms with Crippen LogP contribution in [0.3, 0.4) is 0 Å². The maximum Gasteiger partial charge on any atom is 0.0557 e. The van der Waals surface area contributed by atoms with Gasteiger partial charge in [0.25, 0.3) is 0 Å². The Morgan fingerprint density at radius 3 is 2.54 bits per heavy atom. The van der Waals surface area contributed by atoms with E-state index < -0.39 is 0 Å². The molecule has 0 atom stereocenters. The molecular weight excluding hydrogens is 205 g/mol. The Balaban J connectivity index is 2.96. The van der Waals surface area contributed by atoms with E-state index in [9.17, 15) is 0 Å². The molecule has 1 aromatic carbocycles. The molecule has 1 aromatic rings. The van der Waals surface area contributed by atoms with Crippen LogP contribution in [-0.4, -0.2) is 6.54 Å². The molecule has 13 heavy (non-hydrogen) atoms. The fourth-order valence-electron chi connectivity index (χ4n) is 1.25. The van der Waals surface area contributed by atoms with Crippen molar-refractivity contribution in [2.24, 2.45) is 0 Å². The lowest BCUT2D eigenvalue weighted by atomic mass is 10.1. The van der Waals surface area contributed by atoms with Crippen molar-refractivity contribution >= 4 is 23.2 Å². The first kappa shape index (κ1) is 10.8. The third-order valence-corrected chi connectivity index (χ3v) is 2.84. The Morgan fingerprint density at radius 2 is 1.92 bits per heavy atom. The molecule has 0 aliphatic heterocycles. The molecule has 0 amide bonds.